The fraction of sp³-hybridized carbons (Fsp3) is 0. The molecule has 0 saturated carbocycles. The van der Waals surface area contributed by atoms with Gasteiger partial charge in [0.25, 0.3) is 5.95 Å². The standard InChI is InChI=1S/C2H2FN3O/c3-1-2(7)5-6-4-1/h(H2,4,5,6,7). The molecule has 0 aliphatic heterocycles. The Labute approximate surface area is 37.3 Å². The van der Waals surface area contributed by atoms with Crippen molar-refractivity contribution in [3.8, 4) is 0 Å². The molecule has 38 valence electrons. The monoisotopic (exact) mass is 103 g/mol. The maximum atomic E-state index is 11.6. The molecule has 0 fully saturated rings. The molecule has 1 aromatic heterocycles. The Bertz CT molecular complexity index is 201. The van der Waals surface area contributed by atoms with Crippen LogP contribution >= 0.6 is 0 Å². The van der Waals surface area contributed by atoms with Crippen molar-refractivity contribution in [1.82, 2.24) is 15.4 Å². The summed E-state index contributed by atoms with van der Waals surface area (Å²) in [5, 5.41) is 6.69. The van der Waals surface area contributed by atoms with E-state index in [9.17, 15) is 9.18 Å². The smallest absolute Gasteiger partial charge is 0.263 e. The van der Waals surface area contributed by atoms with Gasteiger partial charge in [-0.05, 0) is 0 Å². The Morgan fingerprint density at radius 3 is 2.57 bits per heavy atom. The molecule has 0 aliphatic carbocycles. The second kappa shape index (κ2) is 1.18. The minimum atomic E-state index is -1.03. The molecule has 1 aromatic rings. The summed E-state index contributed by atoms with van der Waals surface area (Å²) in [4.78, 5) is 9.89. The van der Waals surface area contributed by atoms with E-state index in [4.69, 9.17) is 0 Å². The molecule has 4 nitrogen and oxygen atoms in total. The van der Waals surface area contributed by atoms with E-state index < -0.39 is 11.5 Å². The van der Waals surface area contributed by atoms with Crippen molar-refractivity contribution in [3.05, 3.63) is 16.3 Å². The molecule has 2 N–H and O–H groups in total. The number of aromatic amines is 2. The van der Waals surface area contributed by atoms with Crippen molar-refractivity contribution in [1.29, 1.82) is 0 Å². The van der Waals surface area contributed by atoms with E-state index in [-0.39, 0.29) is 0 Å². The summed E-state index contributed by atoms with van der Waals surface area (Å²) in [6, 6.07) is 0. The van der Waals surface area contributed by atoms with E-state index in [0.29, 0.717) is 0 Å². The van der Waals surface area contributed by atoms with Crippen LogP contribution in [0, 0.1) is 5.95 Å². The van der Waals surface area contributed by atoms with Gasteiger partial charge in [0.2, 0.25) is 0 Å². The quantitative estimate of drug-likeness (QED) is 0.453. The van der Waals surface area contributed by atoms with Crippen LogP contribution in [0.4, 0.5) is 4.39 Å². The van der Waals surface area contributed by atoms with Crippen LogP contribution in [-0.4, -0.2) is 15.4 Å². The molecule has 0 bridgehead atoms. The Hall–Kier alpha value is -1.13. The molecule has 0 spiro atoms. The Balaban J connectivity index is 3.39. The lowest BCUT2D eigenvalue weighted by Gasteiger charge is -1.57. The maximum Gasteiger partial charge on any atom is 0.320 e. The van der Waals surface area contributed by atoms with Gasteiger partial charge in [-0.1, -0.05) is 0 Å². The fourth-order valence-corrected chi connectivity index (χ4v) is 0.230. The third-order valence-corrected chi connectivity index (χ3v) is 0.511. The van der Waals surface area contributed by atoms with Crippen molar-refractivity contribution in [2.75, 3.05) is 0 Å². The van der Waals surface area contributed by atoms with Gasteiger partial charge in [-0.15, -0.1) is 5.10 Å². The lowest BCUT2D eigenvalue weighted by molar-refractivity contribution is 0.571. The van der Waals surface area contributed by atoms with Crippen molar-refractivity contribution in [3.63, 3.8) is 0 Å². The molecule has 1 heterocycles. The zero-order valence-electron chi connectivity index (χ0n) is 3.23. The molecule has 0 saturated heterocycles. The highest BCUT2D eigenvalue weighted by atomic mass is 19.1. The summed E-state index contributed by atoms with van der Waals surface area (Å²) in [7, 11) is 0. The molecular weight excluding hydrogens is 101 g/mol. The maximum absolute atomic E-state index is 11.6. The van der Waals surface area contributed by atoms with Crippen LogP contribution in [0.25, 0.3) is 0 Å². The number of hydrogen-bond donors (Lipinski definition) is 2. The highest BCUT2D eigenvalue weighted by molar-refractivity contribution is 4.67. The van der Waals surface area contributed by atoms with Gasteiger partial charge in [-0.25, -0.2) is 10.3 Å². The van der Waals surface area contributed by atoms with Crippen molar-refractivity contribution in [2.24, 2.45) is 0 Å². The Morgan fingerprint density at radius 2 is 2.43 bits per heavy atom. The van der Waals surface area contributed by atoms with E-state index in [0.717, 1.165) is 0 Å². The first-order valence-corrected chi connectivity index (χ1v) is 1.59. The highest BCUT2D eigenvalue weighted by Gasteiger charge is 1.93. The molecule has 0 aromatic carbocycles. The van der Waals surface area contributed by atoms with E-state index in [1.54, 1.807) is 0 Å². The molecule has 5 heteroatoms. The van der Waals surface area contributed by atoms with Gasteiger partial charge < -0.3 is 0 Å². The topological polar surface area (TPSA) is 61.5 Å². The Morgan fingerprint density at radius 1 is 1.71 bits per heavy atom. The molecular formula is C2H2FN3O. The lowest BCUT2D eigenvalue weighted by atomic mass is 10.9. The van der Waals surface area contributed by atoms with Crippen LogP contribution in [0.5, 0.6) is 0 Å². The molecule has 0 atom stereocenters. The first kappa shape index (κ1) is 4.04. The van der Waals surface area contributed by atoms with E-state index in [1.165, 1.54) is 0 Å². The van der Waals surface area contributed by atoms with Gasteiger partial charge in [0.15, 0.2) is 0 Å². The van der Waals surface area contributed by atoms with Crippen LogP contribution < -0.4 is 5.56 Å². The average molecular weight is 103 g/mol. The number of halogens is 1. The van der Waals surface area contributed by atoms with Gasteiger partial charge in [0.1, 0.15) is 0 Å². The number of nitrogens with one attached hydrogen (secondary N) is 2. The third-order valence-electron chi connectivity index (χ3n) is 0.511. The molecule has 0 amide bonds. The molecule has 1 rings (SSSR count). The van der Waals surface area contributed by atoms with Crippen molar-refractivity contribution >= 4 is 0 Å². The summed E-state index contributed by atoms with van der Waals surface area (Å²) in [6.45, 7) is 0. The molecule has 7 heavy (non-hydrogen) atoms. The minimum absolute atomic E-state index is 0.819. The zero-order valence-corrected chi connectivity index (χ0v) is 3.23. The number of aromatic nitrogens is 3. The largest absolute Gasteiger partial charge is 0.320 e. The first-order chi connectivity index (χ1) is 3.30. The summed E-state index contributed by atoms with van der Waals surface area (Å²) >= 11 is 0. The van der Waals surface area contributed by atoms with Crippen LogP contribution in [0.15, 0.2) is 4.79 Å². The predicted molar refractivity (Wildman–Crippen MR) is 19.2 cm³/mol. The van der Waals surface area contributed by atoms with Gasteiger partial charge in [0, 0.05) is 0 Å². The summed E-state index contributed by atoms with van der Waals surface area (Å²) in [5.74, 6) is -1.03. The lowest BCUT2D eigenvalue weighted by Crippen LogP contribution is -2.01. The van der Waals surface area contributed by atoms with E-state index in [2.05, 4.69) is 5.10 Å². The van der Waals surface area contributed by atoms with Gasteiger partial charge in [-0.2, -0.15) is 4.39 Å². The van der Waals surface area contributed by atoms with Crippen LogP contribution in [0.2, 0.25) is 0 Å². The number of rotatable bonds is 0. The SMILES string of the molecule is O=c1[nH][nH]nc1F. The van der Waals surface area contributed by atoms with Gasteiger partial charge in [0.05, 0.1) is 0 Å². The summed E-state index contributed by atoms with van der Waals surface area (Å²) < 4.78 is 11.6. The van der Waals surface area contributed by atoms with E-state index >= 15 is 0 Å². The van der Waals surface area contributed by atoms with Crippen LogP contribution in [-0.2, 0) is 0 Å². The minimum Gasteiger partial charge on any atom is -0.263 e. The average Bonchev–Trinajstić information content (AvgIpc) is 1.91. The second-order valence-electron chi connectivity index (χ2n) is 0.969. The predicted octanol–water partition coefficient (Wildman–Crippen LogP) is -0.763. The van der Waals surface area contributed by atoms with Crippen molar-refractivity contribution in [2.45, 2.75) is 0 Å². The van der Waals surface area contributed by atoms with E-state index in [1.807, 2.05) is 10.3 Å². The third kappa shape index (κ3) is 0.510. The van der Waals surface area contributed by atoms with Crippen molar-refractivity contribution < 1.29 is 4.39 Å². The second-order valence-corrected chi connectivity index (χ2v) is 0.969. The van der Waals surface area contributed by atoms with Gasteiger partial charge >= 0.3 is 5.56 Å². The number of H-pyrrole nitrogens is 2. The summed E-state index contributed by atoms with van der Waals surface area (Å²) in [6.07, 6.45) is 0. The molecule has 0 unspecified atom stereocenters. The number of nitrogens with zero attached hydrogens (tertiary/aromatic N) is 1. The van der Waals surface area contributed by atoms with Crippen LogP contribution in [0.1, 0.15) is 0 Å². The normalized spacial score (nSPS) is 9.29. The Kier molecular flexibility index (Phi) is 0.680. The van der Waals surface area contributed by atoms with Gasteiger partial charge in [-0.3, -0.25) is 4.79 Å². The first-order valence-electron chi connectivity index (χ1n) is 1.59. The molecule has 0 radical (unpaired) electrons. The highest BCUT2D eigenvalue weighted by Crippen LogP contribution is 1.68. The molecule has 0 aliphatic rings. The summed E-state index contributed by atoms with van der Waals surface area (Å²) in [5.41, 5.74) is -0.819. The van der Waals surface area contributed by atoms with Crippen LogP contribution in [0.3, 0.4) is 0 Å². The fourth-order valence-electron chi connectivity index (χ4n) is 0.230. The zero-order chi connectivity index (χ0) is 5.28. The number of hydrogen-bond acceptors (Lipinski definition) is 2.